The number of nitrogens with one attached hydrogen (secondary N) is 1. The molecule has 1 amide bonds. The molecule has 3 aromatic heterocycles. The Morgan fingerprint density at radius 3 is 2.70 bits per heavy atom. The van der Waals surface area contributed by atoms with E-state index in [1.165, 1.54) is 27.7 Å². The van der Waals surface area contributed by atoms with Crippen LogP contribution in [0.4, 0.5) is 8.78 Å². The molecule has 0 unspecified atom stereocenters. The minimum Gasteiger partial charge on any atom is -0.435 e. The van der Waals surface area contributed by atoms with E-state index in [0.29, 0.717) is 27.8 Å². The van der Waals surface area contributed by atoms with Crippen LogP contribution < -0.4 is 15.7 Å². The summed E-state index contributed by atoms with van der Waals surface area (Å²) >= 11 is 1.08. The number of ether oxygens (including phenoxy) is 1. The van der Waals surface area contributed by atoms with E-state index < -0.39 is 12.3 Å². The summed E-state index contributed by atoms with van der Waals surface area (Å²) in [4.78, 5) is 34.1. The summed E-state index contributed by atoms with van der Waals surface area (Å²) in [5.41, 5.74) is 1.58. The summed E-state index contributed by atoms with van der Waals surface area (Å²) in [6.07, 6.45) is 4.64. The highest BCUT2D eigenvalue weighted by Crippen LogP contribution is 2.21. The van der Waals surface area contributed by atoms with Gasteiger partial charge in [0, 0.05) is 18.9 Å². The van der Waals surface area contributed by atoms with E-state index in [-0.39, 0.29) is 18.2 Å². The molecule has 170 valence electrons. The van der Waals surface area contributed by atoms with Crippen molar-refractivity contribution in [3.63, 3.8) is 0 Å². The summed E-state index contributed by atoms with van der Waals surface area (Å²) in [6, 6.07) is 9.57. The molecule has 0 saturated carbocycles. The molecule has 4 aromatic rings. The molecule has 0 bridgehead atoms. The van der Waals surface area contributed by atoms with Crippen LogP contribution in [-0.4, -0.2) is 36.8 Å². The summed E-state index contributed by atoms with van der Waals surface area (Å²) in [5, 5.41) is 7.22. The van der Waals surface area contributed by atoms with Gasteiger partial charge in [0.25, 0.3) is 5.91 Å². The zero-order valence-electron chi connectivity index (χ0n) is 17.3. The van der Waals surface area contributed by atoms with Crippen LogP contribution in [-0.2, 0) is 13.1 Å². The normalized spacial score (nSPS) is 11.0. The van der Waals surface area contributed by atoms with Crippen molar-refractivity contribution in [3.05, 3.63) is 87.3 Å². The second-order valence-electron chi connectivity index (χ2n) is 6.92. The number of rotatable bonds is 8. The van der Waals surface area contributed by atoms with Gasteiger partial charge in [-0.3, -0.25) is 9.78 Å². The van der Waals surface area contributed by atoms with E-state index in [1.807, 2.05) is 6.07 Å². The predicted octanol–water partition coefficient (Wildman–Crippen LogP) is 2.77. The van der Waals surface area contributed by atoms with E-state index in [9.17, 15) is 18.4 Å². The van der Waals surface area contributed by atoms with Crippen molar-refractivity contribution < 1.29 is 18.3 Å². The van der Waals surface area contributed by atoms with E-state index >= 15 is 0 Å². The fraction of sp³-hybridized carbons (Fsp3) is 0.190. The Kier molecular flexibility index (Phi) is 6.54. The van der Waals surface area contributed by atoms with E-state index in [1.54, 1.807) is 37.5 Å². The number of thiazole rings is 1. The minimum atomic E-state index is -2.90. The summed E-state index contributed by atoms with van der Waals surface area (Å²) in [6.45, 7) is -0.766. The fourth-order valence-corrected chi connectivity index (χ4v) is 3.93. The van der Waals surface area contributed by atoms with Crippen LogP contribution in [0.5, 0.6) is 5.75 Å². The highest BCUT2D eigenvalue weighted by Gasteiger charge is 2.18. The molecule has 0 aliphatic rings. The number of aromatic nitrogens is 5. The smallest absolute Gasteiger partial charge is 0.387 e. The Balaban J connectivity index is 1.47. The predicted molar refractivity (Wildman–Crippen MR) is 116 cm³/mol. The number of hydrogen-bond donors (Lipinski definition) is 1. The first kappa shape index (κ1) is 22.3. The van der Waals surface area contributed by atoms with Crippen LogP contribution in [0, 0.1) is 6.92 Å². The maximum Gasteiger partial charge on any atom is 0.387 e. The monoisotopic (exact) mass is 472 g/mol. The average Bonchev–Trinajstić information content (AvgIpc) is 3.36. The lowest BCUT2D eigenvalue weighted by Gasteiger charge is -2.05. The first-order chi connectivity index (χ1) is 15.9. The zero-order chi connectivity index (χ0) is 23.4. The molecule has 4 rings (SSSR count). The van der Waals surface area contributed by atoms with Gasteiger partial charge in [-0.1, -0.05) is 29.5 Å². The van der Waals surface area contributed by atoms with Gasteiger partial charge in [0.2, 0.25) is 0 Å². The molecule has 0 aliphatic heterocycles. The number of pyridine rings is 1. The summed E-state index contributed by atoms with van der Waals surface area (Å²) in [7, 11) is 0. The number of aryl methyl sites for hydroxylation is 1. The van der Waals surface area contributed by atoms with Gasteiger partial charge in [0.05, 0.1) is 12.2 Å². The van der Waals surface area contributed by atoms with Crippen molar-refractivity contribution in [2.45, 2.75) is 26.6 Å². The molecular formula is C21H18F2N6O3S. The van der Waals surface area contributed by atoms with Gasteiger partial charge < -0.3 is 10.1 Å². The number of hydrogen-bond acceptors (Lipinski definition) is 7. The lowest BCUT2D eigenvalue weighted by atomic mass is 10.2. The van der Waals surface area contributed by atoms with Crippen LogP contribution >= 0.6 is 11.3 Å². The highest BCUT2D eigenvalue weighted by molar-refractivity contribution is 7.16. The van der Waals surface area contributed by atoms with Gasteiger partial charge in [0.1, 0.15) is 17.0 Å². The topological polar surface area (TPSA) is 104 Å². The van der Waals surface area contributed by atoms with Crippen molar-refractivity contribution in [2.24, 2.45) is 0 Å². The van der Waals surface area contributed by atoms with Crippen molar-refractivity contribution >= 4 is 17.2 Å². The standard InChI is InChI=1S/C21H18F2N6O3S/c1-13-17(18(30)25-10-15-3-2-8-24-9-15)33-20(27-13)28-12-26-29(21(28)31)11-14-4-6-16(7-5-14)32-19(22)23/h2-9,12,19H,10-11H2,1H3,(H,25,30). The van der Waals surface area contributed by atoms with Gasteiger partial charge in [-0.2, -0.15) is 13.9 Å². The molecule has 1 N–H and O–H groups in total. The second kappa shape index (κ2) is 9.69. The van der Waals surface area contributed by atoms with Crippen molar-refractivity contribution in [1.29, 1.82) is 0 Å². The number of halogens is 2. The van der Waals surface area contributed by atoms with Crippen LogP contribution in [0.1, 0.15) is 26.5 Å². The molecule has 33 heavy (non-hydrogen) atoms. The second-order valence-corrected chi connectivity index (χ2v) is 7.90. The number of benzene rings is 1. The molecule has 0 fully saturated rings. The summed E-state index contributed by atoms with van der Waals surface area (Å²) in [5.74, 6) is -0.272. The van der Waals surface area contributed by atoms with Gasteiger partial charge >= 0.3 is 12.3 Å². The third-order valence-electron chi connectivity index (χ3n) is 4.59. The highest BCUT2D eigenvalue weighted by atomic mass is 32.1. The first-order valence-corrected chi connectivity index (χ1v) is 10.6. The quantitative estimate of drug-likeness (QED) is 0.423. The molecule has 3 heterocycles. The molecule has 0 radical (unpaired) electrons. The molecular weight excluding hydrogens is 454 g/mol. The average molecular weight is 472 g/mol. The fourth-order valence-electron chi connectivity index (χ4n) is 2.99. The van der Waals surface area contributed by atoms with Crippen LogP contribution in [0.25, 0.3) is 5.13 Å². The summed E-state index contributed by atoms with van der Waals surface area (Å²) < 4.78 is 31.3. The maximum atomic E-state index is 12.8. The largest absolute Gasteiger partial charge is 0.435 e. The Bertz CT molecular complexity index is 1300. The number of alkyl halides is 2. The molecule has 0 atom stereocenters. The van der Waals surface area contributed by atoms with Crippen LogP contribution in [0.15, 0.2) is 59.9 Å². The maximum absolute atomic E-state index is 12.8. The van der Waals surface area contributed by atoms with Crippen molar-refractivity contribution in [3.8, 4) is 10.9 Å². The Labute approximate surface area is 190 Å². The molecule has 1 aromatic carbocycles. The molecule has 9 nitrogen and oxygen atoms in total. The van der Waals surface area contributed by atoms with Crippen LogP contribution in [0.2, 0.25) is 0 Å². The molecule has 0 spiro atoms. The molecule has 0 saturated heterocycles. The van der Waals surface area contributed by atoms with Crippen molar-refractivity contribution in [2.75, 3.05) is 0 Å². The first-order valence-electron chi connectivity index (χ1n) is 9.74. The van der Waals surface area contributed by atoms with Crippen LogP contribution in [0.3, 0.4) is 0 Å². The number of carbonyl (C=O) groups is 1. The zero-order valence-corrected chi connectivity index (χ0v) is 18.1. The van der Waals surface area contributed by atoms with E-state index in [0.717, 1.165) is 16.9 Å². The lowest BCUT2D eigenvalue weighted by Crippen LogP contribution is -2.24. The number of amides is 1. The van der Waals surface area contributed by atoms with Crippen molar-refractivity contribution in [1.82, 2.24) is 29.6 Å². The lowest BCUT2D eigenvalue weighted by molar-refractivity contribution is -0.0498. The Morgan fingerprint density at radius 1 is 1.21 bits per heavy atom. The van der Waals surface area contributed by atoms with Gasteiger partial charge in [-0.05, 0) is 36.2 Å². The molecule has 12 heteroatoms. The van der Waals surface area contributed by atoms with E-state index in [2.05, 4.69) is 25.1 Å². The minimum absolute atomic E-state index is 0.0271. The SMILES string of the molecule is Cc1nc(-n2cnn(Cc3ccc(OC(F)F)cc3)c2=O)sc1C(=O)NCc1cccnc1. The molecule has 0 aliphatic carbocycles. The van der Waals surface area contributed by atoms with Gasteiger partial charge in [0.15, 0.2) is 5.13 Å². The van der Waals surface area contributed by atoms with E-state index in [4.69, 9.17) is 0 Å². The Morgan fingerprint density at radius 2 is 2.00 bits per heavy atom. The third kappa shape index (κ3) is 5.29. The number of carbonyl (C=O) groups excluding carboxylic acids is 1. The van der Waals surface area contributed by atoms with Gasteiger partial charge in [-0.15, -0.1) is 0 Å². The number of nitrogens with zero attached hydrogens (tertiary/aromatic N) is 5. The van der Waals surface area contributed by atoms with Gasteiger partial charge in [-0.25, -0.2) is 19.0 Å². The third-order valence-corrected chi connectivity index (χ3v) is 5.74. The Hall–Kier alpha value is -3.93.